The average Bonchev–Trinajstić information content (AvgIpc) is 3.05. The number of nitrogens with zero attached hydrogens (tertiary/aromatic N) is 4. The Morgan fingerprint density at radius 2 is 1.92 bits per heavy atom. The van der Waals surface area contributed by atoms with E-state index in [9.17, 15) is 8.42 Å². The third kappa shape index (κ3) is 4.26. The van der Waals surface area contributed by atoms with Crippen molar-refractivity contribution in [2.75, 3.05) is 32.1 Å². The van der Waals surface area contributed by atoms with E-state index in [4.69, 9.17) is 4.74 Å². The van der Waals surface area contributed by atoms with E-state index in [-0.39, 0.29) is 11.9 Å². The Balaban J connectivity index is 1.66. The standard InChI is InChI=1S/C17H22N4O3S/c1-20(2)16-17(19-10-9-18-16)24-15-8-11-21(12-15)25(22,23)13-14-6-4-3-5-7-14/h3-7,9-10,15H,8,11-13H2,1-2H3. The maximum atomic E-state index is 12.6. The molecule has 2 aromatic rings. The Morgan fingerprint density at radius 1 is 1.20 bits per heavy atom. The number of anilines is 1. The number of ether oxygens (including phenoxy) is 1. The van der Waals surface area contributed by atoms with Crippen LogP contribution in [0.2, 0.25) is 0 Å². The molecule has 8 heteroatoms. The number of hydrogen-bond acceptors (Lipinski definition) is 6. The monoisotopic (exact) mass is 362 g/mol. The maximum absolute atomic E-state index is 12.6. The Morgan fingerprint density at radius 3 is 2.64 bits per heavy atom. The summed E-state index contributed by atoms with van der Waals surface area (Å²) in [6, 6.07) is 9.21. The molecule has 1 aliphatic rings. The largest absolute Gasteiger partial charge is 0.470 e. The lowest BCUT2D eigenvalue weighted by atomic mass is 10.2. The molecular weight excluding hydrogens is 340 g/mol. The smallest absolute Gasteiger partial charge is 0.257 e. The molecule has 1 fully saturated rings. The summed E-state index contributed by atoms with van der Waals surface area (Å²) in [7, 11) is 0.369. The highest BCUT2D eigenvalue weighted by atomic mass is 32.2. The Bertz CT molecular complexity index is 812. The third-order valence-corrected chi connectivity index (χ3v) is 5.86. The Labute approximate surface area is 148 Å². The molecule has 0 aliphatic carbocycles. The summed E-state index contributed by atoms with van der Waals surface area (Å²) in [5.74, 6) is 1.07. The highest BCUT2D eigenvalue weighted by Gasteiger charge is 2.33. The lowest BCUT2D eigenvalue weighted by Crippen LogP contribution is -2.32. The molecule has 1 aromatic carbocycles. The number of sulfonamides is 1. The van der Waals surface area contributed by atoms with Crippen LogP contribution in [-0.4, -0.2) is 56.0 Å². The molecule has 0 N–H and O–H groups in total. The molecule has 7 nitrogen and oxygen atoms in total. The second kappa shape index (κ2) is 7.37. The highest BCUT2D eigenvalue weighted by Crippen LogP contribution is 2.25. The molecular formula is C17H22N4O3S. The minimum Gasteiger partial charge on any atom is -0.470 e. The molecule has 0 saturated carbocycles. The van der Waals surface area contributed by atoms with Crippen molar-refractivity contribution in [1.82, 2.24) is 14.3 Å². The zero-order valence-electron chi connectivity index (χ0n) is 14.4. The van der Waals surface area contributed by atoms with Gasteiger partial charge in [-0.25, -0.2) is 18.4 Å². The summed E-state index contributed by atoms with van der Waals surface area (Å²) >= 11 is 0. The van der Waals surface area contributed by atoms with Crippen LogP contribution in [0, 0.1) is 0 Å². The zero-order chi connectivity index (χ0) is 17.9. The van der Waals surface area contributed by atoms with E-state index in [2.05, 4.69) is 9.97 Å². The van der Waals surface area contributed by atoms with Crippen LogP contribution < -0.4 is 9.64 Å². The summed E-state index contributed by atoms with van der Waals surface area (Å²) < 4.78 is 32.6. The molecule has 134 valence electrons. The zero-order valence-corrected chi connectivity index (χ0v) is 15.2. The first-order valence-corrected chi connectivity index (χ1v) is 9.73. The molecule has 1 atom stereocenters. The van der Waals surface area contributed by atoms with Crippen LogP contribution in [0.1, 0.15) is 12.0 Å². The first kappa shape index (κ1) is 17.6. The van der Waals surface area contributed by atoms with Gasteiger partial charge in [0.15, 0.2) is 5.82 Å². The molecule has 0 radical (unpaired) electrons. The van der Waals surface area contributed by atoms with Crippen molar-refractivity contribution >= 4 is 15.8 Å². The highest BCUT2D eigenvalue weighted by molar-refractivity contribution is 7.88. The summed E-state index contributed by atoms with van der Waals surface area (Å²) in [5, 5.41) is 0. The minimum absolute atomic E-state index is 0.00858. The van der Waals surface area contributed by atoms with Crippen molar-refractivity contribution in [3.63, 3.8) is 0 Å². The maximum Gasteiger partial charge on any atom is 0.257 e. The van der Waals surface area contributed by atoms with E-state index < -0.39 is 10.0 Å². The van der Waals surface area contributed by atoms with Crippen LogP contribution in [0.5, 0.6) is 5.88 Å². The molecule has 1 aliphatic heterocycles. The summed E-state index contributed by atoms with van der Waals surface area (Å²) in [6.45, 7) is 0.788. The molecule has 25 heavy (non-hydrogen) atoms. The molecule has 3 rings (SSSR count). The van der Waals surface area contributed by atoms with Crippen molar-refractivity contribution in [2.24, 2.45) is 0 Å². The molecule has 0 bridgehead atoms. The molecule has 0 amide bonds. The van der Waals surface area contributed by atoms with Gasteiger partial charge in [-0.3, -0.25) is 0 Å². The van der Waals surface area contributed by atoms with Crippen LogP contribution in [0.15, 0.2) is 42.7 Å². The first-order valence-electron chi connectivity index (χ1n) is 8.12. The van der Waals surface area contributed by atoms with Gasteiger partial charge >= 0.3 is 0 Å². The Kier molecular flexibility index (Phi) is 5.19. The normalized spacial score (nSPS) is 18.2. The summed E-state index contributed by atoms with van der Waals surface area (Å²) in [6.07, 6.45) is 3.59. The van der Waals surface area contributed by atoms with Gasteiger partial charge in [0.05, 0.1) is 12.3 Å². The minimum atomic E-state index is -3.36. The van der Waals surface area contributed by atoms with Gasteiger partial charge in [0.2, 0.25) is 10.0 Å². The Hall–Kier alpha value is -2.19. The van der Waals surface area contributed by atoms with E-state index in [1.165, 1.54) is 4.31 Å². The van der Waals surface area contributed by atoms with Crippen molar-refractivity contribution in [3.8, 4) is 5.88 Å². The van der Waals surface area contributed by atoms with Gasteiger partial charge in [-0.15, -0.1) is 0 Å². The van der Waals surface area contributed by atoms with Crippen molar-refractivity contribution in [3.05, 3.63) is 48.3 Å². The fourth-order valence-electron chi connectivity index (χ4n) is 2.79. The van der Waals surface area contributed by atoms with E-state index in [1.54, 1.807) is 12.4 Å². The third-order valence-electron chi connectivity index (χ3n) is 4.04. The van der Waals surface area contributed by atoms with E-state index in [0.717, 1.165) is 5.56 Å². The second-order valence-corrected chi connectivity index (χ2v) is 8.18. The van der Waals surface area contributed by atoms with E-state index in [0.29, 0.717) is 31.2 Å². The van der Waals surface area contributed by atoms with Gasteiger partial charge in [0.25, 0.3) is 5.88 Å². The summed E-state index contributed by atoms with van der Waals surface area (Å²) in [4.78, 5) is 10.3. The van der Waals surface area contributed by atoms with Gasteiger partial charge in [0.1, 0.15) is 6.10 Å². The predicted octanol–water partition coefficient (Wildman–Crippen LogP) is 1.53. The van der Waals surface area contributed by atoms with E-state index >= 15 is 0 Å². The number of benzene rings is 1. The predicted molar refractivity (Wildman–Crippen MR) is 96.0 cm³/mol. The average molecular weight is 362 g/mol. The molecule has 1 saturated heterocycles. The van der Waals surface area contributed by atoms with E-state index in [1.807, 2.05) is 49.3 Å². The van der Waals surface area contributed by atoms with Gasteiger partial charge in [0, 0.05) is 33.0 Å². The summed E-state index contributed by atoms with van der Waals surface area (Å²) in [5.41, 5.74) is 0.788. The number of rotatable bonds is 6. The van der Waals surface area contributed by atoms with Crippen molar-refractivity contribution in [2.45, 2.75) is 18.3 Å². The van der Waals surface area contributed by atoms with Gasteiger partial charge in [-0.1, -0.05) is 30.3 Å². The van der Waals surface area contributed by atoms with Gasteiger partial charge in [-0.2, -0.15) is 4.31 Å². The quantitative estimate of drug-likeness (QED) is 0.776. The molecule has 0 spiro atoms. The molecule has 1 aromatic heterocycles. The van der Waals surface area contributed by atoms with Gasteiger partial charge < -0.3 is 9.64 Å². The SMILES string of the molecule is CN(C)c1nccnc1OC1CCN(S(=O)(=O)Cc2ccccc2)C1. The van der Waals surface area contributed by atoms with Crippen LogP contribution in [0.4, 0.5) is 5.82 Å². The fourth-order valence-corrected chi connectivity index (χ4v) is 4.36. The van der Waals surface area contributed by atoms with Crippen LogP contribution in [-0.2, 0) is 15.8 Å². The second-order valence-electron chi connectivity index (χ2n) is 6.21. The topological polar surface area (TPSA) is 75.6 Å². The van der Waals surface area contributed by atoms with Crippen molar-refractivity contribution in [1.29, 1.82) is 0 Å². The van der Waals surface area contributed by atoms with Crippen LogP contribution in [0.3, 0.4) is 0 Å². The van der Waals surface area contributed by atoms with Crippen molar-refractivity contribution < 1.29 is 13.2 Å². The van der Waals surface area contributed by atoms with Crippen LogP contribution >= 0.6 is 0 Å². The first-order chi connectivity index (χ1) is 12.0. The lowest BCUT2D eigenvalue weighted by Gasteiger charge is -2.19. The van der Waals surface area contributed by atoms with Gasteiger partial charge in [-0.05, 0) is 12.0 Å². The lowest BCUT2D eigenvalue weighted by molar-refractivity contribution is 0.207. The van der Waals surface area contributed by atoms with Crippen LogP contribution in [0.25, 0.3) is 0 Å². The number of aromatic nitrogens is 2. The fraction of sp³-hybridized carbons (Fsp3) is 0.412. The number of hydrogen-bond donors (Lipinski definition) is 0. The molecule has 2 heterocycles. The molecule has 1 unspecified atom stereocenters.